The molecule has 1 amide bonds. The van der Waals surface area contributed by atoms with E-state index in [2.05, 4.69) is 36.5 Å². The van der Waals surface area contributed by atoms with Gasteiger partial charge in [0, 0.05) is 6.04 Å². The van der Waals surface area contributed by atoms with Crippen molar-refractivity contribution in [2.75, 3.05) is 0 Å². The molecule has 0 unspecified atom stereocenters. The summed E-state index contributed by atoms with van der Waals surface area (Å²) in [6.07, 6.45) is 1.94. The van der Waals surface area contributed by atoms with E-state index >= 15 is 0 Å². The Bertz CT molecular complexity index is 550. The first kappa shape index (κ1) is 15.3. The van der Waals surface area contributed by atoms with E-state index < -0.39 is 0 Å². The summed E-state index contributed by atoms with van der Waals surface area (Å²) in [5, 5.41) is 3.11. The van der Waals surface area contributed by atoms with Gasteiger partial charge >= 0.3 is 0 Å². The highest BCUT2D eigenvalue weighted by Crippen LogP contribution is 2.15. The molecule has 2 atom stereocenters. The smallest absolute Gasteiger partial charge is 0.227 e. The van der Waals surface area contributed by atoms with Crippen LogP contribution in [0.3, 0.4) is 0 Å². The van der Waals surface area contributed by atoms with Crippen molar-refractivity contribution < 1.29 is 4.79 Å². The second-order valence-electron chi connectivity index (χ2n) is 5.57. The van der Waals surface area contributed by atoms with E-state index in [0.29, 0.717) is 0 Å². The van der Waals surface area contributed by atoms with E-state index in [-0.39, 0.29) is 17.9 Å². The SMILES string of the molecule is C[C@H](CCc1ccccc1)NC(=O)[C@H](C)c1ccccc1. The van der Waals surface area contributed by atoms with Crippen LogP contribution in [0, 0.1) is 0 Å². The van der Waals surface area contributed by atoms with Crippen molar-refractivity contribution >= 4 is 5.91 Å². The number of benzene rings is 2. The fourth-order valence-corrected chi connectivity index (χ4v) is 2.36. The van der Waals surface area contributed by atoms with Crippen LogP contribution in [0.4, 0.5) is 0 Å². The van der Waals surface area contributed by atoms with Gasteiger partial charge in [0.2, 0.25) is 5.91 Å². The highest BCUT2D eigenvalue weighted by atomic mass is 16.1. The summed E-state index contributed by atoms with van der Waals surface area (Å²) in [5.41, 5.74) is 2.37. The Hall–Kier alpha value is -2.09. The van der Waals surface area contributed by atoms with E-state index in [1.54, 1.807) is 0 Å². The van der Waals surface area contributed by atoms with Gasteiger partial charge in [0.15, 0.2) is 0 Å². The van der Waals surface area contributed by atoms with Gasteiger partial charge in [-0.15, -0.1) is 0 Å². The largest absolute Gasteiger partial charge is 0.353 e. The van der Waals surface area contributed by atoms with Gasteiger partial charge in [-0.05, 0) is 37.8 Å². The molecular formula is C19H23NO. The van der Waals surface area contributed by atoms with Crippen molar-refractivity contribution in [3.63, 3.8) is 0 Å². The lowest BCUT2D eigenvalue weighted by molar-refractivity contribution is -0.122. The van der Waals surface area contributed by atoms with Gasteiger partial charge in [-0.25, -0.2) is 0 Å². The first-order valence-electron chi connectivity index (χ1n) is 7.56. The zero-order chi connectivity index (χ0) is 15.1. The van der Waals surface area contributed by atoms with Gasteiger partial charge in [0.25, 0.3) is 0 Å². The molecule has 0 spiro atoms. The first-order valence-corrected chi connectivity index (χ1v) is 7.56. The third-order valence-corrected chi connectivity index (χ3v) is 3.79. The number of amides is 1. The molecule has 0 fully saturated rings. The second kappa shape index (κ2) is 7.63. The molecule has 0 aliphatic heterocycles. The maximum Gasteiger partial charge on any atom is 0.227 e. The molecule has 2 heteroatoms. The maximum atomic E-state index is 12.3. The number of carbonyl (C=O) groups is 1. The van der Waals surface area contributed by atoms with Crippen LogP contribution >= 0.6 is 0 Å². The minimum Gasteiger partial charge on any atom is -0.353 e. The third kappa shape index (κ3) is 4.75. The van der Waals surface area contributed by atoms with Crippen molar-refractivity contribution in [3.05, 3.63) is 71.8 Å². The lowest BCUT2D eigenvalue weighted by Gasteiger charge is -2.18. The van der Waals surface area contributed by atoms with Gasteiger partial charge < -0.3 is 5.32 Å². The average molecular weight is 281 g/mol. The summed E-state index contributed by atoms with van der Waals surface area (Å²) in [6, 6.07) is 20.5. The number of nitrogens with one attached hydrogen (secondary N) is 1. The Morgan fingerprint density at radius 1 is 0.952 bits per heavy atom. The lowest BCUT2D eigenvalue weighted by Crippen LogP contribution is -2.35. The molecule has 2 nitrogen and oxygen atoms in total. The second-order valence-corrected chi connectivity index (χ2v) is 5.57. The summed E-state index contributed by atoms with van der Waals surface area (Å²) in [4.78, 5) is 12.3. The van der Waals surface area contributed by atoms with Crippen LogP contribution in [-0.2, 0) is 11.2 Å². The Kier molecular flexibility index (Phi) is 5.56. The molecule has 0 aliphatic carbocycles. The minimum absolute atomic E-state index is 0.0989. The molecule has 2 aromatic carbocycles. The van der Waals surface area contributed by atoms with Gasteiger partial charge in [-0.3, -0.25) is 4.79 Å². The van der Waals surface area contributed by atoms with E-state index in [1.165, 1.54) is 5.56 Å². The predicted octanol–water partition coefficient (Wildman–Crippen LogP) is 3.93. The predicted molar refractivity (Wildman–Crippen MR) is 87.2 cm³/mol. The zero-order valence-electron chi connectivity index (χ0n) is 12.8. The molecular weight excluding hydrogens is 258 g/mol. The summed E-state index contributed by atoms with van der Waals surface area (Å²) in [6.45, 7) is 4.02. The van der Waals surface area contributed by atoms with Crippen molar-refractivity contribution in [2.45, 2.75) is 38.6 Å². The van der Waals surface area contributed by atoms with Crippen molar-refractivity contribution in [1.29, 1.82) is 0 Å². The zero-order valence-corrected chi connectivity index (χ0v) is 12.8. The first-order chi connectivity index (χ1) is 10.2. The summed E-state index contributed by atoms with van der Waals surface area (Å²) < 4.78 is 0. The molecule has 0 saturated carbocycles. The van der Waals surface area contributed by atoms with E-state index in [4.69, 9.17) is 0 Å². The fraction of sp³-hybridized carbons (Fsp3) is 0.316. The number of carbonyl (C=O) groups excluding carboxylic acids is 1. The van der Waals surface area contributed by atoms with E-state index in [0.717, 1.165) is 18.4 Å². The Labute approximate surface area is 127 Å². The van der Waals surface area contributed by atoms with Crippen LogP contribution in [0.5, 0.6) is 0 Å². The van der Waals surface area contributed by atoms with Crippen LogP contribution in [0.25, 0.3) is 0 Å². The van der Waals surface area contributed by atoms with Crippen LogP contribution < -0.4 is 5.32 Å². The molecule has 2 aromatic rings. The van der Waals surface area contributed by atoms with Gasteiger partial charge in [-0.2, -0.15) is 0 Å². The topological polar surface area (TPSA) is 29.1 Å². The van der Waals surface area contributed by atoms with Gasteiger partial charge in [0.1, 0.15) is 0 Å². The standard InChI is InChI=1S/C19H23NO/c1-15(13-14-17-9-5-3-6-10-17)20-19(21)16(2)18-11-7-4-8-12-18/h3-12,15-16H,13-14H2,1-2H3,(H,20,21)/t15-,16-/m1/s1. The van der Waals surface area contributed by atoms with Crippen LogP contribution in [0.15, 0.2) is 60.7 Å². The van der Waals surface area contributed by atoms with Gasteiger partial charge in [-0.1, -0.05) is 60.7 Å². The lowest BCUT2D eigenvalue weighted by atomic mass is 9.99. The summed E-state index contributed by atoms with van der Waals surface area (Å²) in [7, 11) is 0. The molecule has 0 aliphatic rings. The van der Waals surface area contributed by atoms with E-state index in [9.17, 15) is 4.79 Å². The number of hydrogen-bond acceptors (Lipinski definition) is 1. The quantitative estimate of drug-likeness (QED) is 0.854. The highest BCUT2D eigenvalue weighted by Gasteiger charge is 2.16. The molecule has 2 rings (SSSR count). The molecule has 0 bridgehead atoms. The third-order valence-electron chi connectivity index (χ3n) is 3.79. The van der Waals surface area contributed by atoms with Crippen LogP contribution in [0.1, 0.15) is 37.3 Å². The molecule has 0 radical (unpaired) electrons. The van der Waals surface area contributed by atoms with Crippen molar-refractivity contribution in [3.8, 4) is 0 Å². The maximum absolute atomic E-state index is 12.3. The van der Waals surface area contributed by atoms with E-state index in [1.807, 2.05) is 43.3 Å². The molecule has 110 valence electrons. The molecule has 0 heterocycles. The minimum atomic E-state index is -0.106. The van der Waals surface area contributed by atoms with Crippen LogP contribution in [0.2, 0.25) is 0 Å². The highest BCUT2D eigenvalue weighted by molar-refractivity contribution is 5.83. The summed E-state index contributed by atoms with van der Waals surface area (Å²) >= 11 is 0. The van der Waals surface area contributed by atoms with Crippen molar-refractivity contribution in [2.24, 2.45) is 0 Å². The average Bonchev–Trinajstić information content (AvgIpc) is 2.54. The molecule has 0 saturated heterocycles. The van der Waals surface area contributed by atoms with Crippen LogP contribution in [-0.4, -0.2) is 11.9 Å². The molecule has 0 aromatic heterocycles. The number of rotatable bonds is 6. The number of hydrogen-bond donors (Lipinski definition) is 1. The summed E-state index contributed by atoms with van der Waals surface area (Å²) in [5.74, 6) is -0.00728. The molecule has 21 heavy (non-hydrogen) atoms. The Morgan fingerprint density at radius 3 is 2.14 bits per heavy atom. The fourth-order valence-electron chi connectivity index (χ4n) is 2.36. The Morgan fingerprint density at radius 2 is 1.52 bits per heavy atom. The number of aryl methyl sites for hydroxylation is 1. The normalized spacial score (nSPS) is 13.4. The van der Waals surface area contributed by atoms with Crippen molar-refractivity contribution in [1.82, 2.24) is 5.32 Å². The van der Waals surface area contributed by atoms with Gasteiger partial charge in [0.05, 0.1) is 5.92 Å². The molecule has 1 N–H and O–H groups in total. The monoisotopic (exact) mass is 281 g/mol. The Balaban J connectivity index is 1.82.